The second-order valence-corrected chi connectivity index (χ2v) is 6.04. The summed E-state index contributed by atoms with van der Waals surface area (Å²) >= 11 is 1.53. The molecule has 0 radical (unpaired) electrons. The molecule has 0 bridgehead atoms. The zero-order valence-corrected chi connectivity index (χ0v) is 13.9. The highest BCUT2D eigenvalue weighted by Gasteiger charge is 2.12. The molecule has 1 aromatic carbocycles. The standard InChI is InChI=1S/C16H13N5O3S/c1-10(11-4-2-5-12(8-11)21(23)24)17-20-16(22)14-9-13(18-19-14)15-6-3-7-25-15/h2-9H,1H3,(H,18,19)(H,20,22). The molecule has 1 amide bonds. The van der Waals surface area contributed by atoms with Crippen LogP contribution in [0.3, 0.4) is 0 Å². The van der Waals surface area contributed by atoms with Crippen LogP contribution >= 0.6 is 11.3 Å². The molecular formula is C16H13N5O3S. The monoisotopic (exact) mass is 355 g/mol. The van der Waals surface area contributed by atoms with Gasteiger partial charge >= 0.3 is 0 Å². The first-order valence-electron chi connectivity index (χ1n) is 7.23. The van der Waals surface area contributed by atoms with Crippen LogP contribution in [0, 0.1) is 10.1 Å². The van der Waals surface area contributed by atoms with Gasteiger partial charge in [-0.05, 0) is 24.4 Å². The van der Waals surface area contributed by atoms with E-state index < -0.39 is 10.8 Å². The third kappa shape index (κ3) is 3.78. The Balaban J connectivity index is 1.72. The average Bonchev–Trinajstić information content (AvgIpc) is 3.30. The lowest BCUT2D eigenvalue weighted by Gasteiger charge is -2.01. The van der Waals surface area contributed by atoms with Crippen molar-refractivity contribution in [2.75, 3.05) is 0 Å². The highest BCUT2D eigenvalue weighted by molar-refractivity contribution is 7.13. The number of H-pyrrole nitrogens is 1. The van der Waals surface area contributed by atoms with Crippen molar-refractivity contribution in [1.29, 1.82) is 0 Å². The summed E-state index contributed by atoms with van der Waals surface area (Å²) in [7, 11) is 0. The molecule has 3 aromatic rings. The molecule has 3 rings (SSSR count). The molecule has 0 saturated carbocycles. The van der Waals surface area contributed by atoms with E-state index in [0.29, 0.717) is 11.3 Å². The molecule has 0 spiro atoms. The molecular weight excluding hydrogens is 342 g/mol. The fourth-order valence-electron chi connectivity index (χ4n) is 2.10. The van der Waals surface area contributed by atoms with Gasteiger partial charge in [0.25, 0.3) is 11.6 Å². The normalized spacial score (nSPS) is 11.3. The van der Waals surface area contributed by atoms with Crippen molar-refractivity contribution in [3.63, 3.8) is 0 Å². The smallest absolute Gasteiger partial charge is 0.276 e. The molecule has 126 valence electrons. The number of hydrogen-bond donors (Lipinski definition) is 2. The van der Waals surface area contributed by atoms with Crippen LogP contribution in [0.4, 0.5) is 5.69 Å². The van der Waals surface area contributed by atoms with E-state index in [1.165, 1.54) is 23.5 Å². The van der Waals surface area contributed by atoms with Crippen LogP contribution < -0.4 is 5.43 Å². The van der Waals surface area contributed by atoms with Crippen molar-refractivity contribution in [3.05, 3.63) is 69.2 Å². The van der Waals surface area contributed by atoms with Crippen molar-refractivity contribution in [1.82, 2.24) is 15.6 Å². The predicted molar refractivity (Wildman–Crippen MR) is 94.7 cm³/mol. The lowest BCUT2D eigenvalue weighted by atomic mass is 10.1. The molecule has 0 unspecified atom stereocenters. The highest BCUT2D eigenvalue weighted by atomic mass is 32.1. The summed E-state index contributed by atoms with van der Waals surface area (Å²) in [5, 5.41) is 23.5. The summed E-state index contributed by atoms with van der Waals surface area (Å²) in [6.45, 7) is 1.65. The van der Waals surface area contributed by atoms with E-state index in [1.54, 1.807) is 25.1 Å². The number of nitro benzene ring substituents is 1. The number of carbonyl (C=O) groups is 1. The zero-order valence-electron chi connectivity index (χ0n) is 13.1. The number of thiophene rings is 1. The average molecular weight is 355 g/mol. The van der Waals surface area contributed by atoms with Crippen molar-refractivity contribution < 1.29 is 9.72 Å². The van der Waals surface area contributed by atoms with Crippen molar-refractivity contribution >= 4 is 28.6 Å². The molecule has 0 saturated heterocycles. The molecule has 2 heterocycles. The first kappa shape index (κ1) is 16.5. The quantitative estimate of drug-likeness (QED) is 0.415. The number of carbonyl (C=O) groups excluding carboxylic acids is 1. The van der Waals surface area contributed by atoms with Gasteiger partial charge in [-0.25, -0.2) is 5.43 Å². The van der Waals surface area contributed by atoms with Crippen LogP contribution in [0.2, 0.25) is 0 Å². The second kappa shape index (κ2) is 7.05. The lowest BCUT2D eigenvalue weighted by molar-refractivity contribution is -0.384. The van der Waals surface area contributed by atoms with E-state index in [-0.39, 0.29) is 11.4 Å². The number of non-ortho nitro benzene ring substituents is 1. The van der Waals surface area contributed by atoms with Crippen LogP contribution in [0.1, 0.15) is 23.0 Å². The number of amides is 1. The van der Waals surface area contributed by atoms with Gasteiger partial charge in [-0.15, -0.1) is 11.3 Å². The Labute approximate surface area is 146 Å². The topological polar surface area (TPSA) is 113 Å². The number of aromatic amines is 1. The number of aromatic nitrogens is 2. The van der Waals surface area contributed by atoms with Gasteiger partial charge < -0.3 is 0 Å². The summed E-state index contributed by atoms with van der Waals surface area (Å²) in [6.07, 6.45) is 0. The van der Waals surface area contributed by atoms with Gasteiger partial charge in [0.15, 0.2) is 5.69 Å². The summed E-state index contributed by atoms with van der Waals surface area (Å²) < 4.78 is 0. The number of benzene rings is 1. The van der Waals surface area contributed by atoms with E-state index in [1.807, 2.05) is 17.5 Å². The number of nitrogens with one attached hydrogen (secondary N) is 2. The second-order valence-electron chi connectivity index (χ2n) is 5.09. The van der Waals surface area contributed by atoms with Crippen molar-refractivity contribution in [3.8, 4) is 10.6 Å². The van der Waals surface area contributed by atoms with Gasteiger partial charge in [-0.3, -0.25) is 20.0 Å². The van der Waals surface area contributed by atoms with Gasteiger partial charge in [-0.2, -0.15) is 10.2 Å². The minimum atomic E-state index is -0.481. The molecule has 2 aromatic heterocycles. The highest BCUT2D eigenvalue weighted by Crippen LogP contribution is 2.22. The van der Waals surface area contributed by atoms with E-state index >= 15 is 0 Å². The zero-order chi connectivity index (χ0) is 17.8. The fraction of sp³-hybridized carbons (Fsp3) is 0.0625. The molecule has 0 aliphatic carbocycles. The third-order valence-corrected chi connectivity index (χ3v) is 4.30. The van der Waals surface area contributed by atoms with Crippen molar-refractivity contribution in [2.24, 2.45) is 5.10 Å². The minimum Gasteiger partial charge on any atom is -0.276 e. The van der Waals surface area contributed by atoms with Gasteiger partial charge in [0.05, 0.1) is 21.2 Å². The minimum absolute atomic E-state index is 0.0359. The molecule has 8 nitrogen and oxygen atoms in total. The molecule has 2 N–H and O–H groups in total. The maximum absolute atomic E-state index is 12.1. The summed E-state index contributed by atoms with van der Waals surface area (Å²) in [4.78, 5) is 23.4. The molecule has 0 aliphatic rings. The summed E-state index contributed by atoms with van der Waals surface area (Å²) in [5.74, 6) is -0.469. The third-order valence-electron chi connectivity index (χ3n) is 3.40. The van der Waals surface area contributed by atoms with Crippen LogP contribution in [0.25, 0.3) is 10.6 Å². The predicted octanol–water partition coefficient (Wildman–Crippen LogP) is 3.20. The van der Waals surface area contributed by atoms with Crippen LogP contribution in [0.15, 0.2) is 52.9 Å². The van der Waals surface area contributed by atoms with E-state index in [4.69, 9.17) is 0 Å². The largest absolute Gasteiger partial charge is 0.291 e. The fourth-order valence-corrected chi connectivity index (χ4v) is 2.79. The van der Waals surface area contributed by atoms with E-state index in [0.717, 1.165) is 10.6 Å². The van der Waals surface area contributed by atoms with Gasteiger partial charge in [0, 0.05) is 17.7 Å². The Kier molecular flexibility index (Phi) is 4.66. The Hall–Kier alpha value is -3.33. The Morgan fingerprint density at radius 1 is 1.32 bits per heavy atom. The number of hydrogen-bond acceptors (Lipinski definition) is 6. The Morgan fingerprint density at radius 3 is 2.88 bits per heavy atom. The molecule has 0 aliphatic heterocycles. The van der Waals surface area contributed by atoms with E-state index in [9.17, 15) is 14.9 Å². The van der Waals surface area contributed by atoms with Gasteiger partial charge in [0.1, 0.15) is 0 Å². The number of hydrazone groups is 1. The molecule has 9 heteroatoms. The first-order chi connectivity index (χ1) is 12.0. The Bertz CT molecular complexity index is 946. The number of nitrogens with zero attached hydrogens (tertiary/aromatic N) is 3. The summed E-state index contributed by atoms with van der Waals surface area (Å²) in [5.41, 5.74) is 4.33. The lowest BCUT2D eigenvalue weighted by Crippen LogP contribution is -2.19. The first-order valence-corrected chi connectivity index (χ1v) is 8.11. The maximum atomic E-state index is 12.1. The SMILES string of the molecule is CC(=NNC(=O)c1cc(-c2cccs2)[nH]n1)c1cccc([N+](=O)[O-])c1. The van der Waals surface area contributed by atoms with Gasteiger partial charge in [0.2, 0.25) is 0 Å². The maximum Gasteiger partial charge on any atom is 0.291 e. The molecule has 0 fully saturated rings. The number of rotatable bonds is 5. The molecule has 0 atom stereocenters. The van der Waals surface area contributed by atoms with Crippen LogP contribution in [0.5, 0.6) is 0 Å². The summed E-state index contributed by atoms with van der Waals surface area (Å²) in [6, 6.07) is 11.5. The Morgan fingerprint density at radius 2 is 2.16 bits per heavy atom. The van der Waals surface area contributed by atoms with Crippen LogP contribution in [-0.2, 0) is 0 Å². The van der Waals surface area contributed by atoms with Crippen LogP contribution in [-0.4, -0.2) is 26.7 Å². The molecule has 25 heavy (non-hydrogen) atoms. The van der Waals surface area contributed by atoms with E-state index in [2.05, 4.69) is 20.7 Å². The van der Waals surface area contributed by atoms with Crippen molar-refractivity contribution in [2.45, 2.75) is 6.92 Å². The van der Waals surface area contributed by atoms with Gasteiger partial charge in [-0.1, -0.05) is 18.2 Å². The number of nitro groups is 1.